The highest BCUT2D eigenvalue weighted by Gasteiger charge is 2.48. The first-order valence-corrected chi connectivity index (χ1v) is 8.80. The molecule has 0 bridgehead atoms. The molecule has 0 saturated carbocycles. The average Bonchev–Trinajstić information content (AvgIpc) is 2.68. The molecule has 2 saturated heterocycles. The number of carbonyl (C=O) groups excluding carboxylic acids is 1. The largest absolute Gasteiger partial charge is 0.346 e. The van der Waals surface area contributed by atoms with Gasteiger partial charge in [0.15, 0.2) is 15.0 Å². The summed E-state index contributed by atoms with van der Waals surface area (Å²) in [6.07, 6.45) is 0. The van der Waals surface area contributed by atoms with Crippen molar-refractivity contribution in [2.45, 2.75) is 32.1 Å². The smallest absolute Gasteiger partial charge is 0.250 e. The Morgan fingerprint density at radius 2 is 2.17 bits per heavy atom. The van der Waals surface area contributed by atoms with Crippen LogP contribution in [-0.4, -0.2) is 53.7 Å². The number of aliphatic imine (C=N–C) groups is 1. The van der Waals surface area contributed by atoms with Crippen molar-refractivity contribution in [3.05, 3.63) is 0 Å². The van der Waals surface area contributed by atoms with Gasteiger partial charge in [-0.2, -0.15) is 4.99 Å². The van der Waals surface area contributed by atoms with E-state index in [0.29, 0.717) is 11.7 Å². The van der Waals surface area contributed by atoms with Crippen molar-refractivity contribution < 1.29 is 13.2 Å². The lowest BCUT2D eigenvalue weighted by molar-refractivity contribution is -0.120. The lowest BCUT2D eigenvalue weighted by Gasteiger charge is -2.22. The van der Waals surface area contributed by atoms with Crippen LogP contribution in [0.1, 0.15) is 20.8 Å². The first kappa shape index (κ1) is 13.9. The summed E-state index contributed by atoms with van der Waals surface area (Å²) in [4.78, 5) is 17.7. The fourth-order valence-corrected chi connectivity index (χ4v) is 6.25. The number of hydrogen-bond donors (Lipinski definition) is 0. The summed E-state index contributed by atoms with van der Waals surface area (Å²) in [5.41, 5.74) is 0. The maximum atomic E-state index is 11.7. The fraction of sp³-hybridized carbons (Fsp3) is 0.818. The number of carbonyl (C=O) groups is 1. The van der Waals surface area contributed by atoms with Gasteiger partial charge < -0.3 is 4.90 Å². The first-order valence-electron chi connectivity index (χ1n) is 6.10. The Morgan fingerprint density at radius 1 is 1.50 bits per heavy atom. The summed E-state index contributed by atoms with van der Waals surface area (Å²) in [6, 6.07) is -0.0105. The Hall–Kier alpha value is -0.560. The topological polar surface area (TPSA) is 66.8 Å². The van der Waals surface area contributed by atoms with Gasteiger partial charge in [-0.25, -0.2) is 8.42 Å². The summed E-state index contributed by atoms with van der Waals surface area (Å²) >= 11 is 1.44. The van der Waals surface area contributed by atoms with E-state index >= 15 is 0 Å². The van der Waals surface area contributed by atoms with Gasteiger partial charge in [0.05, 0.1) is 17.5 Å². The minimum atomic E-state index is -2.92. The number of amides is 1. The van der Waals surface area contributed by atoms with Gasteiger partial charge in [-0.15, -0.1) is 0 Å². The van der Waals surface area contributed by atoms with Gasteiger partial charge in [0, 0.05) is 17.7 Å². The van der Waals surface area contributed by atoms with Crippen LogP contribution in [0.3, 0.4) is 0 Å². The van der Waals surface area contributed by atoms with Crippen LogP contribution in [0.25, 0.3) is 0 Å². The second-order valence-electron chi connectivity index (χ2n) is 4.97. The predicted octanol–water partition coefficient (Wildman–Crippen LogP) is 0.759. The van der Waals surface area contributed by atoms with Gasteiger partial charge >= 0.3 is 0 Å². The summed E-state index contributed by atoms with van der Waals surface area (Å²) in [6.45, 7) is 6.28. The Morgan fingerprint density at radius 3 is 2.72 bits per heavy atom. The minimum Gasteiger partial charge on any atom is -0.346 e. The maximum absolute atomic E-state index is 11.7. The number of amidine groups is 1. The molecule has 7 heteroatoms. The Bertz CT molecular complexity index is 485. The third-order valence-electron chi connectivity index (χ3n) is 3.22. The zero-order valence-corrected chi connectivity index (χ0v) is 12.4. The zero-order valence-electron chi connectivity index (χ0n) is 10.8. The van der Waals surface area contributed by atoms with Crippen molar-refractivity contribution in [1.82, 2.24) is 4.90 Å². The van der Waals surface area contributed by atoms with E-state index in [1.165, 1.54) is 11.8 Å². The van der Waals surface area contributed by atoms with E-state index in [1.54, 1.807) is 0 Å². The highest BCUT2D eigenvalue weighted by atomic mass is 32.2. The molecule has 1 amide bonds. The van der Waals surface area contributed by atoms with Crippen LogP contribution in [-0.2, 0) is 14.6 Å². The van der Waals surface area contributed by atoms with Crippen LogP contribution in [0.4, 0.5) is 0 Å². The molecule has 2 heterocycles. The van der Waals surface area contributed by atoms with Crippen molar-refractivity contribution in [3.63, 3.8) is 0 Å². The number of nitrogens with zero attached hydrogens (tertiary/aromatic N) is 2. The van der Waals surface area contributed by atoms with Gasteiger partial charge in [-0.05, 0) is 6.92 Å². The molecular weight excluding hydrogens is 272 g/mol. The number of sulfone groups is 1. The van der Waals surface area contributed by atoms with E-state index in [0.717, 1.165) is 0 Å². The normalized spacial score (nSPS) is 32.2. The number of fused-ring (bicyclic) bond motifs is 1. The molecule has 2 unspecified atom stereocenters. The van der Waals surface area contributed by atoms with E-state index in [4.69, 9.17) is 0 Å². The molecule has 2 aliphatic heterocycles. The molecule has 0 aromatic heterocycles. The molecule has 0 aliphatic carbocycles. The molecule has 5 nitrogen and oxygen atoms in total. The molecule has 0 spiro atoms. The highest BCUT2D eigenvalue weighted by molar-refractivity contribution is 8.15. The third-order valence-corrected chi connectivity index (χ3v) is 6.46. The number of thioether (sulfide) groups is 1. The maximum Gasteiger partial charge on any atom is 0.250 e. The molecule has 2 aliphatic rings. The van der Waals surface area contributed by atoms with E-state index in [-0.39, 0.29) is 34.6 Å². The summed E-state index contributed by atoms with van der Waals surface area (Å²) in [5, 5.41) is 0.731. The van der Waals surface area contributed by atoms with Gasteiger partial charge in [0.25, 0.3) is 5.91 Å². The molecule has 102 valence electrons. The summed E-state index contributed by atoms with van der Waals surface area (Å²) in [5.74, 6) is 0.126. The van der Waals surface area contributed by atoms with E-state index < -0.39 is 9.84 Å². The average molecular weight is 290 g/mol. The summed E-state index contributed by atoms with van der Waals surface area (Å²) in [7, 11) is -2.92. The number of hydrogen-bond acceptors (Lipinski definition) is 4. The quantitative estimate of drug-likeness (QED) is 0.751. The monoisotopic (exact) mass is 290 g/mol. The van der Waals surface area contributed by atoms with E-state index in [9.17, 15) is 13.2 Å². The molecule has 0 aromatic carbocycles. The van der Waals surface area contributed by atoms with E-state index in [2.05, 4.69) is 4.99 Å². The fourth-order valence-electron chi connectivity index (χ4n) is 2.23. The Balaban J connectivity index is 2.21. The lowest BCUT2D eigenvalue weighted by atomic mass is 10.2. The van der Waals surface area contributed by atoms with Crippen LogP contribution < -0.4 is 0 Å². The second kappa shape index (κ2) is 4.85. The second-order valence-corrected chi connectivity index (χ2v) is 8.33. The van der Waals surface area contributed by atoms with Crippen LogP contribution >= 0.6 is 11.8 Å². The van der Waals surface area contributed by atoms with Gasteiger partial charge in [-0.1, -0.05) is 25.6 Å². The van der Waals surface area contributed by atoms with Crippen LogP contribution in [0.2, 0.25) is 0 Å². The van der Waals surface area contributed by atoms with Crippen LogP contribution in [0, 0.1) is 5.92 Å². The molecule has 2 rings (SSSR count). The van der Waals surface area contributed by atoms with Crippen molar-refractivity contribution in [2.75, 3.05) is 18.1 Å². The number of rotatable bonds is 2. The van der Waals surface area contributed by atoms with Gasteiger partial charge in [0.2, 0.25) is 0 Å². The van der Waals surface area contributed by atoms with Gasteiger partial charge in [0.1, 0.15) is 0 Å². The molecule has 2 fully saturated rings. The predicted molar refractivity (Wildman–Crippen MR) is 73.5 cm³/mol. The van der Waals surface area contributed by atoms with Gasteiger partial charge in [-0.3, -0.25) is 4.79 Å². The van der Waals surface area contributed by atoms with Crippen LogP contribution in [0.5, 0.6) is 0 Å². The van der Waals surface area contributed by atoms with Crippen molar-refractivity contribution in [3.8, 4) is 0 Å². The molecule has 0 radical (unpaired) electrons. The summed E-state index contributed by atoms with van der Waals surface area (Å²) < 4.78 is 23.2. The Labute approximate surface area is 112 Å². The van der Waals surface area contributed by atoms with Crippen LogP contribution in [0.15, 0.2) is 4.99 Å². The lowest BCUT2D eigenvalue weighted by Crippen LogP contribution is -2.37. The Kier molecular flexibility index (Phi) is 3.73. The molecule has 2 atom stereocenters. The highest BCUT2D eigenvalue weighted by Crippen LogP contribution is 2.37. The van der Waals surface area contributed by atoms with Crippen molar-refractivity contribution in [1.29, 1.82) is 0 Å². The minimum absolute atomic E-state index is 0.0105. The molecule has 0 N–H and O–H groups in total. The molecule has 0 aromatic rings. The molecule has 18 heavy (non-hydrogen) atoms. The van der Waals surface area contributed by atoms with Crippen molar-refractivity contribution >= 4 is 32.7 Å². The third kappa shape index (κ3) is 2.56. The standard InChI is InChI=1S/C11H18N2O3S2/c1-4-13-8-5-18(15,16)6-9(8)17-11(13)12-10(14)7(2)3/h7-9H,4-6H2,1-3H3. The van der Waals surface area contributed by atoms with Crippen molar-refractivity contribution in [2.24, 2.45) is 10.9 Å². The first-order chi connectivity index (χ1) is 8.34. The van der Waals surface area contributed by atoms with E-state index in [1.807, 2.05) is 25.7 Å². The SMILES string of the molecule is CCN1C(=NC(=O)C(C)C)SC2CS(=O)(=O)CC21. The zero-order chi connectivity index (χ0) is 13.5. The molecular formula is C11H18N2O3S2.